The van der Waals surface area contributed by atoms with Crippen LogP contribution in [0.3, 0.4) is 0 Å². The fourth-order valence-electron chi connectivity index (χ4n) is 7.93. The lowest BCUT2D eigenvalue weighted by Gasteiger charge is -2.26. The van der Waals surface area contributed by atoms with Crippen molar-refractivity contribution < 1.29 is 20.1 Å². The van der Waals surface area contributed by atoms with E-state index in [1.807, 2.05) is 0 Å². The summed E-state index contributed by atoms with van der Waals surface area (Å²) < 4.78 is 0. The summed E-state index contributed by atoms with van der Waals surface area (Å²) in [5.41, 5.74) is 0. The largest absolute Gasteiger partial charge is 0.394 e. The first-order chi connectivity index (χ1) is 26.1. The van der Waals surface area contributed by atoms with E-state index in [1.54, 1.807) is 0 Å². The summed E-state index contributed by atoms with van der Waals surface area (Å²) in [5.74, 6) is -0.139. The van der Waals surface area contributed by atoms with Crippen LogP contribution in [0.1, 0.15) is 277 Å². The summed E-state index contributed by atoms with van der Waals surface area (Å²) >= 11 is 0. The number of hydrogen-bond acceptors (Lipinski definition) is 4. The van der Waals surface area contributed by atoms with Crippen molar-refractivity contribution in [3.63, 3.8) is 0 Å². The highest BCUT2D eigenvalue weighted by Gasteiger charge is 2.26. The zero-order chi connectivity index (χ0) is 38.7. The Labute approximate surface area is 332 Å². The van der Waals surface area contributed by atoms with Gasteiger partial charge in [0.05, 0.1) is 18.8 Å². The van der Waals surface area contributed by atoms with Gasteiger partial charge in [0.1, 0.15) is 6.10 Å². The lowest BCUT2D eigenvalue weighted by molar-refractivity contribution is -0.124. The molecule has 0 aliphatic rings. The minimum absolute atomic E-state index is 0.139. The molecule has 5 heteroatoms. The number of aliphatic hydroxyl groups is 3. The van der Waals surface area contributed by atoms with Crippen molar-refractivity contribution in [2.45, 2.75) is 295 Å². The standard InChI is InChI=1S/C48H97NO4/c1-3-5-7-9-11-13-15-17-18-19-20-21-22-23-24-25-26-27-28-29-30-31-33-35-37-39-41-43-47(52)49-45(44-50)48(53)46(51)42-40-38-36-34-32-16-14-12-10-8-6-4-2/h45-46,48,50-51,53H,3-44H2,1-2H3,(H,49,52)/t45-,46?,48+/m1/s1. The Morgan fingerprint density at radius 2 is 0.642 bits per heavy atom. The number of carbonyl (C=O) groups excluding carboxylic acids is 1. The Kier molecular flexibility index (Phi) is 43.5. The van der Waals surface area contributed by atoms with Crippen LogP contribution in [0, 0.1) is 0 Å². The molecule has 0 rings (SSSR count). The third-order valence-corrected chi connectivity index (χ3v) is 11.7. The lowest BCUT2D eigenvalue weighted by Crippen LogP contribution is -2.50. The predicted molar refractivity (Wildman–Crippen MR) is 232 cm³/mol. The van der Waals surface area contributed by atoms with Gasteiger partial charge < -0.3 is 20.6 Å². The van der Waals surface area contributed by atoms with Gasteiger partial charge in [-0.05, 0) is 12.8 Å². The van der Waals surface area contributed by atoms with Gasteiger partial charge in [-0.1, -0.05) is 258 Å². The second kappa shape index (κ2) is 44.1. The molecule has 1 unspecified atom stereocenters. The summed E-state index contributed by atoms with van der Waals surface area (Å²) in [5, 5.41) is 33.5. The van der Waals surface area contributed by atoms with E-state index in [-0.39, 0.29) is 12.5 Å². The first kappa shape index (κ1) is 52.3. The molecule has 0 spiro atoms. The van der Waals surface area contributed by atoms with Crippen molar-refractivity contribution in [1.29, 1.82) is 0 Å². The predicted octanol–water partition coefficient (Wildman–Crippen LogP) is 14.2. The molecule has 0 aromatic heterocycles. The van der Waals surface area contributed by atoms with Gasteiger partial charge in [-0.25, -0.2) is 0 Å². The van der Waals surface area contributed by atoms with Crippen LogP contribution < -0.4 is 5.32 Å². The average molecular weight is 752 g/mol. The number of carbonyl (C=O) groups is 1. The van der Waals surface area contributed by atoms with Crippen LogP contribution in [0.25, 0.3) is 0 Å². The molecule has 0 aromatic rings. The van der Waals surface area contributed by atoms with Gasteiger partial charge in [0.2, 0.25) is 5.91 Å². The molecule has 5 nitrogen and oxygen atoms in total. The summed E-state index contributed by atoms with van der Waals surface area (Å²) in [7, 11) is 0. The van der Waals surface area contributed by atoms with Crippen LogP contribution in [0.2, 0.25) is 0 Å². The van der Waals surface area contributed by atoms with Crippen molar-refractivity contribution in [3.8, 4) is 0 Å². The fourth-order valence-corrected chi connectivity index (χ4v) is 7.93. The minimum atomic E-state index is -1.13. The number of amides is 1. The number of aliphatic hydroxyl groups excluding tert-OH is 3. The van der Waals surface area contributed by atoms with Crippen LogP contribution in [-0.4, -0.2) is 46.1 Å². The van der Waals surface area contributed by atoms with E-state index >= 15 is 0 Å². The molecule has 0 fully saturated rings. The smallest absolute Gasteiger partial charge is 0.220 e. The van der Waals surface area contributed by atoms with E-state index in [1.165, 1.54) is 218 Å². The molecular weight excluding hydrogens is 655 g/mol. The maximum atomic E-state index is 12.4. The Balaban J connectivity index is 3.48. The Bertz CT molecular complexity index is 703. The van der Waals surface area contributed by atoms with E-state index in [9.17, 15) is 20.1 Å². The molecule has 4 N–H and O–H groups in total. The van der Waals surface area contributed by atoms with Crippen molar-refractivity contribution in [2.75, 3.05) is 6.61 Å². The lowest BCUT2D eigenvalue weighted by atomic mass is 9.99. The SMILES string of the molecule is CCCCCCCCCCCCCCCCCCCCCCCCCCCCCC(=O)N[C@H](CO)[C@H](O)C(O)CCCCCCCCCCCCCC. The van der Waals surface area contributed by atoms with E-state index in [2.05, 4.69) is 19.2 Å². The first-order valence-corrected chi connectivity index (χ1v) is 24.3. The highest BCUT2D eigenvalue weighted by Crippen LogP contribution is 2.18. The van der Waals surface area contributed by atoms with E-state index < -0.39 is 18.2 Å². The van der Waals surface area contributed by atoms with Crippen LogP contribution >= 0.6 is 0 Å². The molecule has 0 saturated heterocycles. The van der Waals surface area contributed by atoms with E-state index in [0.717, 1.165) is 32.1 Å². The maximum Gasteiger partial charge on any atom is 0.220 e. The quantitative estimate of drug-likeness (QED) is 0.0466. The zero-order valence-electron chi connectivity index (χ0n) is 36.2. The topological polar surface area (TPSA) is 89.8 Å². The first-order valence-electron chi connectivity index (χ1n) is 24.3. The zero-order valence-corrected chi connectivity index (χ0v) is 36.2. The normalized spacial score (nSPS) is 13.4. The highest BCUT2D eigenvalue weighted by molar-refractivity contribution is 5.76. The molecule has 0 aliphatic heterocycles. The third kappa shape index (κ3) is 39.4. The molecule has 53 heavy (non-hydrogen) atoms. The molecule has 1 amide bonds. The minimum Gasteiger partial charge on any atom is -0.394 e. The van der Waals surface area contributed by atoms with Crippen LogP contribution in [0.15, 0.2) is 0 Å². The summed E-state index contributed by atoms with van der Waals surface area (Å²) in [6.07, 6.45) is 50.9. The van der Waals surface area contributed by atoms with Gasteiger partial charge in [0, 0.05) is 6.42 Å². The van der Waals surface area contributed by atoms with Gasteiger partial charge in [0.25, 0.3) is 0 Å². The number of nitrogens with one attached hydrogen (secondary N) is 1. The maximum absolute atomic E-state index is 12.4. The fraction of sp³-hybridized carbons (Fsp3) is 0.979. The number of rotatable bonds is 45. The average Bonchev–Trinajstić information content (AvgIpc) is 3.16. The van der Waals surface area contributed by atoms with Crippen LogP contribution in [0.4, 0.5) is 0 Å². The Morgan fingerprint density at radius 3 is 0.906 bits per heavy atom. The Hall–Kier alpha value is -0.650. The van der Waals surface area contributed by atoms with Crippen molar-refractivity contribution in [3.05, 3.63) is 0 Å². The van der Waals surface area contributed by atoms with Gasteiger partial charge >= 0.3 is 0 Å². The molecule has 0 radical (unpaired) electrons. The van der Waals surface area contributed by atoms with Crippen LogP contribution in [-0.2, 0) is 4.79 Å². The summed E-state index contributed by atoms with van der Waals surface area (Å²) in [4.78, 5) is 12.4. The highest BCUT2D eigenvalue weighted by atomic mass is 16.3. The molecule has 3 atom stereocenters. The summed E-state index contributed by atoms with van der Waals surface area (Å²) in [6, 6.07) is -0.802. The third-order valence-electron chi connectivity index (χ3n) is 11.7. The second-order valence-corrected chi connectivity index (χ2v) is 17.0. The molecule has 0 aliphatic carbocycles. The van der Waals surface area contributed by atoms with Crippen molar-refractivity contribution >= 4 is 5.91 Å². The van der Waals surface area contributed by atoms with Crippen LogP contribution in [0.5, 0.6) is 0 Å². The van der Waals surface area contributed by atoms with E-state index in [0.29, 0.717) is 12.8 Å². The molecule has 0 aromatic carbocycles. The summed E-state index contributed by atoms with van der Waals surface area (Å²) in [6.45, 7) is 4.20. The number of unbranched alkanes of at least 4 members (excludes halogenated alkanes) is 37. The molecular formula is C48H97NO4. The van der Waals surface area contributed by atoms with Gasteiger partial charge in [-0.2, -0.15) is 0 Å². The second-order valence-electron chi connectivity index (χ2n) is 17.0. The van der Waals surface area contributed by atoms with Crippen molar-refractivity contribution in [2.24, 2.45) is 0 Å². The monoisotopic (exact) mass is 752 g/mol. The molecule has 0 saturated carbocycles. The molecule has 318 valence electrons. The Morgan fingerprint density at radius 1 is 0.396 bits per heavy atom. The molecule has 0 bridgehead atoms. The van der Waals surface area contributed by atoms with Crippen molar-refractivity contribution in [1.82, 2.24) is 5.32 Å². The van der Waals surface area contributed by atoms with Gasteiger partial charge in [-0.3, -0.25) is 4.79 Å². The molecule has 0 heterocycles. The van der Waals surface area contributed by atoms with Gasteiger partial charge in [-0.15, -0.1) is 0 Å². The van der Waals surface area contributed by atoms with E-state index in [4.69, 9.17) is 0 Å². The number of hydrogen-bond donors (Lipinski definition) is 4. The van der Waals surface area contributed by atoms with Gasteiger partial charge in [0.15, 0.2) is 0 Å².